The van der Waals surface area contributed by atoms with E-state index in [2.05, 4.69) is 0 Å². The van der Waals surface area contributed by atoms with E-state index in [1.807, 2.05) is 6.92 Å². The third kappa shape index (κ3) is 4.15. The summed E-state index contributed by atoms with van der Waals surface area (Å²) in [5, 5.41) is 0.417. The summed E-state index contributed by atoms with van der Waals surface area (Å²) in [6, 6.07) is -0.896. The molecule has 0 aromatic rings. The molecule has 0 bridgehead atoms. The second-order valence-corrected chi connectivity index (χ2v) is 6.57. The molecule has 0 spiro atoms. The van der Waals surface area contributed by atoms with Gasteiger partial charge in [-0.2, -0.15) is 0 Å². The van der Waals surface area contributed by atoms with Gasteiger partial charge in [0.1, 0.15) is 6.04 Å². The molecule has 0 aromatic heterocycles. The molecule has 2 aliphatic rings. The number of hydrogen-bond donors (Lipinski definition) is 0. The molecule has 0 saturated carbocycles. The topological polar surface area (TPSA) is 121 Å². The minimum atomic E-state index is -0.896. The fourth-order valence-corrected chi connectivity index (χ4v) is 3.23. The van der Waals surface area contributed by atoms with Crippen LogP contribution in [-0.2, 0) is 33.6 Å². The van der Waals surface area contributed by atoms with Crippen LogP contribution in [0.25, 0.3) is 0 Å². The van der Waals surface area contributed by atoms with Crippen LogP contribution in [0.4, 0.5) is 0 Å². The molecule has 2 unspecified atom stereocenters. The number of imide groups is 2. The van der Waals surface area contributed by atoms with Crippen molar-refractivity contribution >= 4 is 35.5 Å². The van der Waals surface area contributed by atoms with Gasteiger partial charge in [0.15, 0.2) is 0 Å². The van der Waals surface area contributed by atoms with Gasteiger partial charge >= 0.3 is 5.97 Å². The predicted octanol–water partition coefficient (Wildman–Crippen LogP) is -0.384. The molecule has 2 heterocycles. The Hall–Kier alpha value is -2.78. The molecule has 2 fully saturated rings. The molecule has 10 heteroatoms. The van der Waals surface area contributed by atoms with Gasteiger partial charge in [-0.1, -0.05) is 13.8 Å². The fourth-order valence-electron chi connectivity index (χ4n) is 3.23. The first-order valence-electron chi connectivity index (χ1n) is 8.88. The highest BCUT2D eigenvalue weighted by atomic mass is 16.7. The maximum absolute atomic E-state index is 12.6. The molecule has 148 valence electrons. The summed E-state index contributed by atoms with van der Waals surface area (Å²) < 4.78 is 0. The summed E-state index contributed by atoms with van der Waals surface area (Å²) in [7, 11) is 0. The van der Waals surface area contributed by atoms with Crippen LogP contribution in [0.1, 0.15) is 46.5 Å². The molecule has 0 N–H and O–H groups in total. The third-order valence-electron chi connectivity index (χ3n) is 4.59. The first-order chi connectivity index (χ1) is 12.7. The van der Waals surface area contributed by atoms with Crippen molar-refractivity contribution in [2.45, 2.75) is 52.5 Å². The van der Waals surface area contributed by atoms with Crippen molar-refractivity contribution in [3.05, 3.63) is 0 Å². The monoisotopic (exact) mass is 381 g/mol. The molecule has 2 atom stereocenters. The average Bonchev–Trinajstić information content (AvgIpc) is 3.02. The van der Waals surface area contributed by atoms with Crippen LogP contribution in [0.15, 0.2) is 0 Å². The molecule has 0 radical (unpaired) electrons. The lowest BCUT2D eigenvalue weighted by Crippen LogP contribution is -2.47. The average molecular weight is 381 g/mol. The van der Waals surface area contributed by atoms with Gasteiger partial charge < -0.3 is 9.74 Å². The van der Waals surface area contributed by atoms with Crippen LogP contribution in [0.3, 0.4) is 0 Å². The van der Waals surface area contributed by atoms with Crippen LogP contribution in [0, 0.1) is 5.92 Å². The summed E-state index contributed by atoms with van der Waals surface area (Å²) in [5.41, 5.74) is 0. The highest BCUT2D eigenvalue weighted by Gasteiger charge is 2.48. The molecule has 10 nitrogen and oxygen atoms in total. The lowest BCUT2D eigenvalue weighted by molar-refractivity contribution is -0.197. The minimum absolute atomic E-state index is 0.0211. The summed E-state index contributed by atoms with van der Waals surface area (Å²) in [6.07, 6.45) is 0.232. The second-order valence-electron chi connectivity index (χ2n) is 6.57. The van der Waals surface area contributed by atoms with Crippen molar-refractivity contribution in [2.75, 3.05) is 13.1 Å². The van der Waals surface area contributed by atoms with Gasteiger partial charge in [0, 0.05) is 32.9 Å². The van der Waals surface area contributed by atoms with E-state index in [-0.39, 0.29) is 31.7 Å². The lowest BCUT2D eigenvalue weighted by Gasteiger charge is -2.27. The SMILES string of the molecule is CCCN(C(C)=O)C1C(=O)N(CCC(=O)ON2C(=O)CCC2=O)C(=O)C1C. The van der Waals surface area contributed by atoms with Crippen molar-refractivity contribution in [3.63, 3.8) is 0 Å². The van der Waals surface area contributed by atoms with Crippen molar-refractivity contribution in [2.24, 2.45) is 5.92 Å². The Kier molecular flexibility index (Phi) is 6.29. The number of likely N-dealkylation sites (tertiary alicyclic amines) is 1. The highest BCUT2D eigenvalue weighted by Crippen LogP contribution is 2.25. The van der Waals surface area contributed by atoms with Gasteiger partial charge in [0.05, 0.1) is 12.3 Å². The quantitative estimate of drug-likeness (QED) is 0.551. The van der Waals surface area contributed by atoms with Crippen LogP contribution in [-0.4, -0.2) is 69.5 Å². The maximum Gasteiger partial charge on any atom is 0.335 e. The minimum Gasteiger partial charge on any atom is -0.330 e. The molecule has 2 aliphatic heterocycles. The van der Waals surface area contributed by atoms with Gasteiger partial charge in [-0.3, -0.25) is 28.9 Å². The Morgan fingerprint density at radius 1 is 1.11 bits per heavy atom. The number of carbonyl (C=O) groups excluding carboxylic acids is 6. The summed E-state index contributed by atoms with van der Waals surface area (Å²) in [4.78, 5) is 78.7. The number of rotatable bonds is 7. The van der Waals surface area contributed by atoms with Gasteiger partial charge in [0.2, 0.25) is 11.8 Å². The number of amides is 5. The van der Waals surface area contributed by atoms with E-state index < -0.39 is 41.6 Å². The van der Waals surface area contributed by atoms with E-state index in [0.717, 1.165) is 4.90 Å². The van der Waals surface area contributed by atoms with E-state index in [9.17, 15) is 28.8 Å². The molecular weight excluding hydrogens is 358 g/mol. The van der Waals surface area contributed by atoms with Gasteiger partial charge in [-0.15, -0.1) is 5.06 Å². The van der Waals surface area contributed by atoms with Crippen molar-refractivity contribution in [1.29, 1.82) is 0 Å². The van der Waals surface area contributed by atoms with Crippen LogP contribution in [0.2, 0.25) is 0 Å². The van der Waals surface area contributed by atoms with Crippen LogP contribution in [0.5, 0.6) is 0 Å². The van der Waals surface area contributed by atoms with E-state index in [1.165, 1.54) is 11.8 Å². The zero-order valence-electron chi connectivity index (χ0n) is 15.6. The van der Waals surface area contributed by atoms with E-state index in [0.29, 0.717) is 18.0 Å². The molecule has 2 rings (SSSR count). The number of hydrogen-bond acceptors (Lipinski definition) is 7. The zero-order valence-corrected chi connectivity index (χ0v) is 15.6. The van der Waals surface area contributed by atoms with Crippen molar-refractivity contribution < 1.29 is 33.6 Å². The smallest absolute Gasteiger partial charge is 0.330 e. The summed E-state index contributed by atoms with van der Waals surface area (Å²) in [6.45, 7) is 4.86. The summed E-state index contributed by atoms with van der Waals surface area (Å²) in [5.74, 6) is -4.15. The number of carbonyl (C=O) groups is 6. The number of nitrogens with zero attached hydrogens (tertiary/aromatic N) is 3. The van der Waals surface area contributed by atoms with Gasteiger partial charge in [0.25, 0.3) is 17.7 Å². The Labute approximate surface area is 156 Å². The van der Waals surface area contributed by atoms with Gasteiger partial charge in [-0.25, -0.2) is 4.79 Å². The zero-order chi connectivity index (χ0) is 20.3. The van der Waals surface area contributed by atoms with Crippen LogP contribution >= 0.6 is 0 Å². The Morgan fingerprint density at radius 3 is 2.22 bits per heavy atom. The molecule has 0 aromatic carbocycles. The van der Waals surface area contributed by atoms with Crippen molar-refractivity contribution in [3.8, 4) is 0 Å². The molecule has 27 heavy (non-hydrogen) atoms. The Bertz CT molecular complexity index is 674. The lowest BCUT2D eigenvalue weighted by atomic mass is 10.0. The maximum atomic E-state index is 12.6. The molecule has 5 amide bonds. The highest BCUT2D eigenvalue weighted by molar-refractivity contribution is 6.08. The van der Waals surface area contributed by atoms with E-state index in [4.69, 9.17) is 4.84 Å². The van der Waals surface area contributed by atoms with E-state index >= 15 is 0 Å². The normalized spacial score (nSPS) is 22.6. The van der Waals surface area contributed by atoms with Crippen molar-refractivity contribution in [1.82, 2.24) is 14.9 Å². The van der Waals surface area contributed by atoms with E-state index in [1.54, 1.807) is 6.92 Å². The predicted molar refractivity (Wildman–Crippen MR) is 89.1 cm³/mol. The molecule has 0 aliphatic carbocycles. The second kappa shape index (κ2) is 8.28. The first-order valence-corrected chi connectivity index (χ1v) is 8.88. The fraction of sp³-hybridized carbons (Fsp3) is 0.647. The number of hydroxylamine groups is 2. The van der Waals surface area contributed by atoms with Gasteiger partial charge in [-0.05, 0) is 6.42 Å². The first kappa shape index (κ1) is 20.5. The standard InChI is InChI=1S/C17H23N3O7/c1-4-8-18(11(3)21)15-10(2)16(25)19(17(15)26)9-7-14(24)27-20-12(22)5-6-13(20)23/h10,15H,4-9H2,1-3H3. The summed E-state index contributed by atoms with van der Waals surface area (Å²) >= 11 is 0. The third-order valence-corrected chi connectivity index (χ3v) is 4.59. The Balaban J connectivity index is 2.00. The molecular formula is C17H23N3O7. The largest absolute Gasteiger partial charge is 0.335 e. The Morgan fingerprint density at radius 2 is 1.70 bits per heavy atom. The van der Waals surface area contributed by atoms with Crippen LogP contribution < -0.4 is 0 Å². The molecule has 2 saturated heterocycles.